The maximum absolute atomic E-state index is 5.37. The third-order valence-electron chi connectivity index (χ3n) is 11.8. The molecule has 0 amide bonds. The van der Waals surface area contributed by atoms with Crippen LogP contribution in [0.3, 0.4) is 0 Å². The van der Waals surface area contributed by atoms with Gasteiger partial charge in [-0.25, -0.2) is 29.9 Å². The highest BCUT2D eigenvalue weighted by molar-refractivity contribution is 6.13. The standard InChI is InChI=1S/C49H42N14/c1-5-51-46(48-57-37-16-8-11-30(43(37)59-48)33-13-6-7-22-52-33)42-27(2)32(25-40(56-42)29-20-23-50-24-21-29)35-15-10-14-34(54-35)31-12-9-17-38-44(31)60-49(58-38)47-45-39(61-62-47)19-18-36(55-45)41-26-53-28(3)63(41)4/h6-20,22,25-26,50H,5,21,23-24H2,1-4H3,(H,57,59)(H,58,60)(H,61,62). The molecule has 8 aromatic heterocycles. The first-order valence-corrected chi connectivity index (χ1v) is 21.1. The van der Waals surface area contributed by atoms with Gasteiger partial charge in [-0.1, -0.05) is 42.5 Å². The van der Waals surface area contributed by atoms with Crippen LogP contribution in [-0.2, 0) is 7.05 Å². The molecular formula is C49H42N14. The summed E-state index contributed by atoms with van der Waals surface area (Å²) in [5.74, 6) is 2.18. The first-order chi connectivity index (χ1) is 30.9. The van der Waals surface area contributed by atoms with Crippen LogP contribution in [0.4, 0.5) is 0 Å². The van der Waals surface area contributed by atoms with Crippen molar-refractivity contribution >= 4 is 44.4 Å². The number of nitrogens with one attached hydrogen (secondary N) is 4. The highest BCUT2D eigenvalue weighted by Crippen LogP contribution is 2.35. The van der Waals surface area contributed by atoms with E-state index in [-0.39, 0.29) is 0 Å². The van der Waals surface area contributed by atoms with Gasteiger partial charge in [0, 0.05) is 43.0 Å². The van der Waals surface area contributed by atoms with E-state index in [2.05, 4.69) is 78.8 Å². The Morgan fingerprint density at radius 1 is 0.698 bits per heavy atom. The lowest BCUT2D eigenvalue weighted by Crippen LogP contribution is -2.21. The van der Waals surface area contributed by atoms with Crippen LogP contribution in [0.2, 0.25) is 0 Å². The summed E-state index contributed by atoms with van der Waals surface area (Å²) in [7, 11) is 1.99. The van der Waals surface area contributed by atoms with Crippen molar-refractivity contribution in [2.75, 3.05) is 19.6 Å². The number of benzene rings is 2. The molecule has 0 fully saturated rings. The molecular weight excluding hydrogens is 785 g/mol. The molecule has 0 bridgehead atoms. The first kappa shape index (κ1) is 38.0. The average Bonchev–Trinajstić information content (AvgIpc) is 4.14. The van der Waals surface area contributed by atoms with E-state index in [9.17, 15) is 0 Å². The third-order valence-corrected chi connectivity index (χ3v) is 11.8. The molecule has 14 heteroatoms. The topological polar surface area (TPSA) is 180 Å². The number of hydrogen-bond donors (Lipinski definition) is 4. The average molecular weight is 827 g/mol. The second kappa shape index (κ2) is 15.5. The van der Waals surface area contributed by atoms with Crippen LogP contribution in [0.15, 0.2) is 114 Å². The number of pyridine rings is 4. The quantitative estimate of drug-likeness (QED) is 0.103. The van der Waals surface area contributed by atoms with Crippen LogP contribution >= 0.6 is 0 Å². The molecule has 14 nitrogen and oxygen atoms in total. The van der Waals surface area contributed by atoms with Gasteiger partial charge in [0.25, 0.3) is 0 Å². The van der Waals surface area contributed by atoms with E-state index in [0.29, 0.717) is 29.6 Å². The molecule has 63 heavy (non-hydrogen) atoms. The van der Waals surface area contributed by atoms with Crippen LogP contribution in [-0.4, -0.2) is 85.0 Å². The van der Waals surface area contributed by atoms with Crippen molar-refractivity contribution in [2.45, 2.75) is 27.2 Å². The Morgan fingerprint density at radius 2 is 1.48 bits per heavy atom. The molecule has 10 aromatic rings. The Bertz CT molecular complexity index is 3440. The van der Waals surface area contributed by atoms with Crippen molar-refractivity contribution in [1.29, 1.82) is 0 Å². The second-order valence-corrected chi connectivity index (χ2v) is 15.6. The van der Waals surface area contributed by atoms with E-state index in [4.69, 9.17) is 29.9 Å². The van der Waals surface area contributed by atoms with Crippen LogP contribution in [0.5, 0.6) is 0 Å². The number of rotatable bonds is 9. The predicted octanol–water partition coefficient (Wildman–Crippen LogP) is 8.81. The number of aliphatic imine (C=N–C) groups is 1. The molecule has 0 saturated heterocycles. The van der Waals surface area contributed by atoms with Gasteiger partial charge in [0.2, 0.25) is 0 Å². The molecule has 4 N–H and O–H groups in total. The zero-order valence-corrected chi connectivity index (χ0v) is 35.2. The lowest BCUT2D eigenvalue weighted by Gasteiger charge is -2.18. The highest BCUT2D eigenvalue weighted by atomic mass is 15.2. The number of aryl methyl sites for hydroxylation is 1. The first-order valence-electron chi connectivity index (χ1n) is 21.1. The number of aromatic nitrogens is 12. The number of hydrogen-bond acceptors (Lipinski definition) is 10. The highest BCUT2D eigenvalue weighted by Gasteiger charge is 2.24. The number of aromatic amines is 3. The third kappa shape index (κ3) is 6.67. The van der Waals surface area contributed by atoms with Gasteiger partial charge >= 0.3 is 0 Å². The van der Waals surface area contributed by atoms with E-state index in [1.165, 1.54) is 5.57 Å². The molecule has 1 aliphatic rings. The number of para-hydroxylation sites is 2. The zero-order chi connectivity index (χ0) is 42.6. The number of H-pyrrole nitrogens is 3. The summed E-state index contributed by atoms with van der Waals surface area (Å²) in [6.07, 6.45) is 6.73. The van der Waals surface area contributed by atoms with Crippen LogP contribution in [0.1, 0.15) is 41.9 Å². The molecule has 9 heterocycles. The number of nitrogens with zero attached hydrogens (tertiary/aromatic N) is 10. The fourth-order valence-corrected chi connectivity index (χ4v) is 8.45. The molecule has 0 unspecified atom stereocenters. The summed E-state index contributed by atoms with van der Waals surface area (Å²) in [6.45, 7) is 8.32. The van der Waals surface area contributed by atoms with Crippen molar-refractivity contribution in [3.63, 3.8) is 0 Å². The minimum absolute atomic E-state index is 0.547. The predicted molar refractivity (Wildman–Crippen MR) is 248 cm³/mol. The smallest absolute Gasteiger partial charge is 0.161 e. The lowest BCUT2D eigenvalue weighted by molar-refractivity contribution is 0.736. The zero-order valence-electron chi connectivity index (χ0n) is 35.2. The summed E-state index contributed by atoms with van der Waals surface area (Å²) in [5.41, 5.74) is 17.0. The van der Waals surface area contributed by atoms with Gasteiger partial charge in [-0.05, 0) is 99.5 Å². The minimum Gasteiger partial charge on any atom is -0.337 e. The molecule has 1 aliphatic heterocycles. The van der Waals surface area contributed by atoms with E-state index >= 15 is 0 Å². The maximum atomic E-state index is 5.37. The summed E-state index contributed by atoms with van der Waals surface area (Å²) in [6, 6.07) is 30.4. The lowest BCUT2D eigenvalue weighted by atomic mass is 9.96. The molecule has 0 radical (unpaired) electrons. The van der Waals surface area contributed by atoms with E-state index < -0.39 is 0 Å². The van der Waals surface area contributed by atoms with Crippen molar-refractivity contribution < 1.29 is 0 Å². The molecule has 0 saturated carbocycles. The van der Waals surface area contributed by atoms with Gasteiger partial charge in [-0.15, -0.1) is 0 Å². The molecule has 0 aliphatic carbocycles. The Morgan fingerprint density at radius 3 is 2.24 bits per heavy atom. The molecule has 2 aromatic carbocycles. The monoisotopic (exact) mass is 826 g/mol. The second-order valence-electron chi connectivity index (χ2n) is 15.6. The summed E-state index contributed by atoms with van der Waals surface area (Å²) >= 11 is 0. The SMILES string of the molecule is CCN=C(c1nc2c(-c3ccccn3)cccc2[nH]1)c1nc(C2=CCNCC2)cc(-c2cccc(-c3cccc4[nH]c(-c5n[nH]c6ccc(-c7cnc(C)n7C)nc56)nc34)n2)c1C. The van der Waals surface area contributed by atoms with Gasteiger partial charge in [0.1, 0.15) is 17.1 Å². The Labute approximate surface area is 361 Å². The fourth-order valence-electron chi connectivity index (χ4n) is 8.45. The van der Waals surface area contributed by atoms with Crippen molar-refractivity contribution in [1.82, 2.24) is 64.9 Å². The van der Waals surface area contributed by atoms with Crippen molar-refractivity contribution in [2.24, 2.45) is 12.0 Å². The van der Waals surface area contributed by atoms with Crippen LogP contribution < -0.4 is 5.32 Å². The van der Waals surface area contributed by atoms with Crippen LogP contribution in [0, 0.1) is 13.8 Å². The molecule has 308 valence electrons. The van der Waals surface area contributed by atoms with Gasteiger partial charge < -0.3 is 19.9 Å². The minimum atomic E-state index is 0.547. The largest absolute Gasteiger partial charge is 0.337 e. The Kier molecular flexibility index (Phi) is 9.34. The number of fused-ring (bicyclic) bond motifs is 3. The molecule has 0 spiro atoms. The van der Waals surface area contributed by atoms with Crippen LogP contribution in [0.25, 0.3) is 95.4 Å². The maximum Gasteiger partial charge on any atom is 0.161 e. The fraction of sp³-hybridized carbons (Fsp3) is 0.163. The van der Waals surface area contributed by atoms with Gasteiger partial charge in [0.05, 0.1) is 73.6 Å². The van der Waals surface area contributed by atoms with E-state index in [1.54, 1.807) is 6.20 Å². The van der Waals surface area contributed by atoms with E-state index in [0.717, 1.165) is 121 Å². The summed E-state index contributed by atoms with van der Waals surface area (Å²) in [5, 5.41) is 11.3. The van der Waals surface area contributed by atoms with E-state index in [1.807, 2.05) is 92.3 Å². The summed E-state index contributed by atoms with van der Waals surface area (Å²) in [4.78, 5) is 47.4. The Hall–Kier alpha value is -7.97. The van der Waals surface area contributed by atoms with Gasteiger partial charge in [-0.3, -0.25) is 15.1 Å². The molecule has 11 rings (SSSR count). The molecule has 0 atom stereocenters. The summed E-state index contributed by atoms with van der Waals surface area (Å²) < 4.78 is 2.03. The normalized spacial score (nSPS) is 13.4. The Balaban J connectivity index is 1.02. The van der Waals surface area contributed by atoms with Gasteiger partial charge in [0.15, 0.2) is 17.3 Å². The van der Waals surface area contributed by atoms with Gasteiger partial charge in [-0.2, -0.15) is 5.10 Å². The van der Waals surface area contributed by atoms with Crippen molar-refractivity contribution in [3.8, 4) is 56.7 Å². The number of imidazole rings is 3. The van der Waals surface area contributed by atoms with Crippen molar-refractivity contribution in [3.05, 3.63) is 138 Å².